The summed E-state index contributed by atoms with van der Waals surface area (Å²) in [7, 11) is 2.10. The molecule has 2 fully saturated rings. The minimum absolute atomic E-state index is 0.0728. The van der Waals surface area contributed by atoms with Crippen molar-refractivity contribution in [3.63, 3.8) is 0 Å². The highest BCUT2D eigenvalue weighted by Crippen LogP contribution is 2.34. The van der Waals surface area contributed by atoms with Crippen LogP contribution in [0.5, 0.6) is 0 Å². The Kier molecular flexibility index (Phi) is 7.03. The van der Waals surface area contributed by atoms with Gasteiger partial charge in [0.2, 0.25) is 11.8 Å². The standard InChI is InChI=1S/C20H36N4O3/c1-19(2,16-25)15-20(3,4)18(27)24-12-10-23(11-13-24)17(26)14-22-8-6-21(5)7-9-22/h16H,6-15H2,1-5H3. The van der Waals surface area contributed by atoms with Gasteiger partial charge in [-0.05, 0) is 13.5 Å². The van der Waals surface area contributed by atoms with Gasteiger partial charge in [0.15, 0.2) is 0 Å². The average molecular weight is 381 g/mol. The van der Waals surface area contributed by atoms with Gasteiger partial charge in [-0.2, -0.15) is 0 Å². The van der Waals surface area contributed by atoms with E-state index < -0.39 is 10.8 Å². The normalized spacial score (nSPS) is 20.6. The molecule has 2 heterocycles. The number of carbonyl (C=O) groups excluding carboxylic acids is 3. The smallest absolute Gasteiger partial charge is 0.236 e. The lowest BCUT2D eigenvalue weighted by atomic mass is 9.75. The minimum atomic E-state index is -0.587. The Morgan fingerprint density at radius 2 is 1.37 bits per heavy atom. The zero-order valence-corrected chi connectivity index (χ0v) is 17.7. The van der Waals surface area contributed by atoms with Crippen LogP contribution in [-0.2, 0) is 14.4 Å². The zero-order valence-electron chi connectivity index (χ0n) is 17.7. The van der Waals surface area contributed by atoms with Crippen LogP contribution >= 0.6 is 0 Å². The molecular weight excluding hydrogens is 344 g/mol. The average Bonchev–Trinajstić information content (AvgIpc) is 2.62. The summed E-state index contributed by atoms with van der Waals surface area (Å²) < 4.78 is 0. The quantitative estimate of drug-likeness (QED) is 0.630. The van der Waals surface area contributed by atoms with E-state index in [1.165, 1.54) is 0 Å². The molecule has 2 rings (SSSR count). The van der Waals surface area contributed by atoms with E-state index in [0.717, 1.165) is 32.5 Å². The number of piperazine rings is 2. The summed E-state index contributed by atoms with van der Waals surface area (Å²) in [5.41, 5.74) is -1.10. The van der Waals surface area contributed by atoms with Crippen LogP contribution < -0.4 is 0 Å². The van der Waals surface area contributed by atoms with Crippen molar-refractivity contribution in [3.8, 4) is 0 Å². The fourth-order valence-corrected chi connectivity index (χ4v) is 4.14. The molecule has 0 aromatic carbocycles. The van der Waals surface area contributed by atoms with E-state index in [2.05, 4.69) is 16.8 Å². The molecule has 0 aromatic rings. The molecule has 2 aliphatic heterocycles. The number of carbonyl (C=O) groups is 3. The van der Waals surface area contributed by atoms with Crippen LogP contribution in [0, 0.1) is 10.8 Å². The van der Waals surface area contributed by atoms with Crippen molar-refractivity contribution in [2.75, 3.05) is 66.0 Å². The van der Waals surface area contributed by atoms with Crippen LogP contribution in [0.2, 0.25) is 0 Å². The second-order valence-corrected chi connectivity index (χ2v) is 9.42. The molecule has 0 saturated carbocycles. The third-order valence-electron chi connectivity index (χ3n) is 5.67. The second-order valence-electron chi connectivity index (χ2n) is 9.42. The Bertz CT molecular complexity index is 545. The lowest BCUT2D eigenvalue weighted by Crippen LogP contribution is -2.56. The molecule has 2 amide bonds. The SMILES string of the molecule is CN1CCN(CC(=O)N2CCN(C(=O)C(C)(C)CC(C)(C)C=O)CC2)CC1. The first kappa shape index (κ1) is 21.8. The molecule has 7 heteroatoms. The van der Waals surface area contributed by atoms with E-state index in [4.69, 9.17) is 0 Å². The van der Waals surface area contributed by atoms with Crippen molar-refractivity contribution >= 4 is 18.1 Å². The maximum atomic E-state index is 12.9. The van der Waals surface area contributed by atoms with Crippen molar-refractivity contribution in [2.45, 2.75) is 34.1 Å². The van der Waals surface area contributed by atoms with Gasteiger partial charge >= 0.3 is 0 Å². The Morgan fingerprint density at radius 1 is 0.852 bits per heavy atom. The van der Waals surface area contributed by atoms with Gasteiger partial charge in [0.05, 0.1) is 6.54 Å². The van der Waals surface area contributed by atoms with Gasteiger partial charge in [-0.25, -0.2) is 0 Å². The topological polar surface area (TPSA) is 64.2 Å². The molecule has 2 saturated heterocycles. The van der Waals surface area contributed by atoms with Gasteiger partial charge in [-0.15, -0.1) is 0 Å². The maximum Gasteiger partial charge on any atom is 0.236 e. The molecule has 0 aliphatic carbocycles. The van der Waals surface area contributed by atoms with Crippen LogP contribution in [0.3, 0.4) is 0 Å². The molecule has 0 bridgehead atoms. The first-order valence-electron chi connectivity index (χ1n) is 9.98. The number of amides is 2. The first-order chi connectivity index (χ1) is 12.5. The van der Waals surface area contributed by atoms with Gasteiger partial charge in [0, 0.05) is 63.2 Å². The van der Waals surface area contributed by atoms with Crippen molar-refractivity contribution in [1.82, 2.24) is 19.6 Å². The lowest BCUT2D eigenvalue weighted by Gasteiger charge is -2.40. The molecule has 0 atom stereocenters. The Balaban J connectivity index is 1.82. The molecule has 0 radical (unpaired) electrons. The van der Waals surface area contributed by atoms with Crippen molar-refractivity contribution in [3.05, 3.63) is 0 Å². The Hall–Kier alpha value is -1.47. The summed E-state index contributed by atoms with van der Waals surface area (Å²) in [6.07, 6.45) is 1.45. The highest BCUT2D eigenvalue weighted by Gasteiger charge is 2.38. The maximum absolute atomic E-state index is 12.9. The van der Waals surface area contributed by atoms with Crippen LogP contribution in [0.4, 0.5) is 0 Å². The van der Waals surface area contributed by atoms with Crippen LogP contribution in [-0.4, -0.2) is 104 Å². The van der Waals surface area contributed by atoms with Crippen molar-refractivity contribution < 1.29 is 14.4 Å². The monoisotopic (exact) mass is 380 g/mol. The predicted octanol–water partition coefficient (Wildman–Crippen LogP) is 0.546. The number of nitrogens with zero attached hydrogens (tertiary/aromatic N) is 4. The van der Waals surface area contributed by atoms with Crippen LogP contribution in [0.15, 0.2) is 0 Å². The van der Waals surface area contributed by atoms with E-state index in [9.17, 15) is 14.4 Å². The fourth-order valence-electron chi connectivity index (χ4n) is 4.14. The summed E-state index contributed by atoms with van der Waals surface area (Å²) in [6, 6.07) is 0. The molecule has 0 unspecified atom stereocenters. The summed E-state index contributed by atoms with van der Waals surface area (Å²) >= 11 is 0. The summed E-state index contributed by atoms with van der Waals surface area (Å²) in [6.45, 7) is 14.2. The number of hydrogen-bond donors (Lipinski definition) is 0. The van der Waals surface area contributed by atoms with Gasteiger partial charge in [-0.3, -0.25) is 14.5 Å². The molecule has 0 aromatic heterocycles. The predicted molar refractivity (Wildman–Crippen MR) is 105 cm³/mol. The first-order valence-corrected chi connectivity index (χ1v) is 9.98. The molecule has 0 spiro atoms. The zero-order chi connectivity index (χ0) is 20.2. The van der Waals surface area contributed by atoms with Gasteiger partial charge < -0.3 is 19.5 Å². The molecule has 2 aliphatic rings. The number of aldehydes is 1. The van der Waals surface area contributed by atoms with E-state index >= 15 is 0 Å². The van der Waals surface area contributed by atoms with Gasteiger partial charge in [-0.1, -0.05) is 27.7 Å². The van der Waals surface area contributed by atoms with Crippen molar-refractivity contribution in [2.24, 2.45) is 10.8 Å². The third kappa shape index (κ3) is 6.01. The number of rotatable bonds is 6. The Morgan fingerprint density at radius 3 is 1.89 bits per heavy atom. The van der Waals surface area contributed by atoms with E-state index in [-0.39, 0.29) is 11.8 Å². The number of likely N-dealkylation sites (N-methyl/N-ethyl adjacent to an activating group) is 1. The Labute approximate surface area is 163 Å². The lowest BCUT2D eigenvalue weighted by molar-refractivity contribution is -0.147. The third-order valence-corrected chi connectivity index (χ3v) is 5.67. The van der Waals surface area contributed by atoms with E-state index in [1.807, 2.05) is 37.5 Å². The molecular formula is C20H36N4O3. The molecule has 0 N–H and O–H groups in total. The highest BCUT2D eigenvalue weighted by molar-refractivity contribution is 5.83. The fraction of sp³-hybridized carbons (Fsp3) is 0.850. The summed E-state index contributed by atoms with van der Waals surface area (Å²) in [5, 5.41) is 0. The van der Waals surface area contributed by atoms with Crippen LogP contribution in [0.25, 0.3) is 0 Å². The summed E-state index contributed by atoms with van der Waals surface area (Å²) in [4.78, 5) is 45.0. The molecule has 7 nitrogen and oxygen atoms in total. The van der Waals surface area contributed by atoms with E-state index in [1.54, 1.807) is 0 Å². The van der Waals surface area contributed by atoms with Crippen molar-refractivity contribution in [1.29, 1.82) is 0 Å². The van der Waals surface area contributed by atoms with Gasteiger partial charge in [0.25, 0.3) is 0 Å². The summed E-state index contributed by atoms with van der Waals surface area (Å²) in [5.74, 6) is 0.233. The van der Waals surface area contributed by atoms with Gasteiger partial charge in [0.1, 0.15) is 6.29 Å². The largest absolute Gasteiger partial charge is 0.339 e. The molecule has 27 heavy (non-hydrogen) atoms. The molecule has 154 valence electrons. The highest BCUT2D eigenvalue weighted by atomic mass is 16.2. The van der Waals surface area contributed by atoms with E-state index in [0.29, 0.717) is 39.1 Å². The van der Waals surface area contributed by atoms with Crippen LogP contribution in [0.1, 0.15) is 34.1 Å². The number of hydrogen-bond acceptors (Lipinski definition) is 5. The minimum Gasteiger partial charge on any atom is -0.339 e. The second kappa shape index (κ2) is 8.69.